The number of halogens is 1. The molecule has 4 bridgehead atoms. The van der Waals surface area contributed by atoms with Gasteiger partial charge in [-0.3, -0.25) is 25.5 Å². The van der Waals surface area contributed by atoms with Crippen LogP contribution in [-0.2, 0) is 30.2 Å². The summed E-state index contributed by atoms with van der Waals surface area (Å²) in [5.41, 5.74) is -1.11. The first kappa shape index (κ1) is 38.5. The Morgan fingerprint density at radius 2 is 1.96 bits per heavy atom. The summed E-state index contributed by atoms with van der Waals surface area (Å²) in [6.45, 7) is 6.90. The summed E-state index contributed by atoms with van der Waals surface area (Å²) in [7, 11) is 4.41. The van der Waals surface area contributed by atoms with Crippen molar-refractivity contribution in [3.05, 3.63) is 80.4 Å². The Kier molecular flexibility index (Phi) is 11.2. The number of aliphatic hydroxyl groups is 1. The van der Waals surface area contributed by atoms with Crippen LogP contribution in [0.4, 0.5) is 26.7 Å². The number of carbonyl (C=O) groups is 3. The minimum absolute atomic E-state index is 0.0634. The topological polar surface area (TPSA) is 191 Å². The fraction of sp³-hybridized carbons (Fsp3) is 0.472. The number of nitro benzene ring substituents is 1. The van der Waals surface area contributed by atoms with Gasteiger partial charge in [-0.1, -0.05) is 54.5 Å². The van der Waals surface area contributed by atoms with E-state index >= 15 is 0 Å². The standard InChI is InChI=1S/C36H43ClN4O11/c1-19-10-8-13-27(49-7)36(45)18-26(50-34(44)39-36)21(3)32-35(4,52-32)28(51-33(43)38-31-20(2)11-9-12-23(31)41(46)47)17-29(42)40(5)24-15-22(14-19)16-25(48-6)30(24)37/h8-13,15-16,21,26-28,32,45H,14,17-18H2,1-7H3,(H,38,43)(H,39,44)/b13-8+,19-10+/t21-,26+,27-,28+,32+,35+,36+/m1/s1. The Labute approximate surface area is 306 Å². The third kappa shape index (κ3) is 7.87. The first-order valence-corrected chi connectivity index (χ1v) is 17.0. The van der Waals surface area contributed by atoms with Crippen molar-refractivity contribution in [2.24, 2.45) is 5.92 Å². The van der Waals surface area contributed by atoms with Crippen molar-refractivity contribution < 1.29 is 48.1 Å². The number of fused-ring (bicyclic) bond motifs is 5. The molecule has 3 aliphatic heterocycles. The highest BCUT2D eigenvalue weighted by molar-refractivity contribution is 6.35. The van der Waals surface area contributed by atoms with Crippen LogP contribution in [0.5, 0.6) is 5.75 Å². The maximum atomic E-state index is 14.1. The molecule has 7 atom stereocenters. The number of para-hydroxylation sites is 1. The maximum absolute atomic E-state index is 14.1. The van der Waals surface area contributed by atoms with E-state index in [4.69, 9.17) is 35.3 Å². The number of carbonyl (C=O) groups excluding carboxylic acids is 3. The van der Waals surface area contributed by atoms with Gasteiger partial charge in [0.05, 0.1) is 30.2 Å². The summed E-state index contributed by atoms with van der Waals surface area (Å²) < 4.78 is 28.8. The van der Waals surface area contributed by atoms with Crippen LogP contribution in [0, 0.1) is 23.0 Å². The number of epoxide rings is 1. The largest absolute Gasteiger partial charge is 0.495 e. The molecule has 2 saturated heterocycles. The number of nitro groups is 1. The van der Waals surface area contributed by atoms with E-state index in [2.05, 4.69) is 10.6 Å². The Morgan fingerprint density at radius 1 is 1.23 bits per heavy atom. The number of benzene rings is 2. The zero-order chi connectivity index (χ0) is 38.1. The van der Waals surface area contributed by atoms with Gasteiger partial charge in [0.25, 0.3) is 5.69 Å². The second-order valence-corrected chi connectivity index (χ2v) is 13.9. The van der Waals surface area contributed by atoms with Gasteiger partial charge in [0, 0.05) is 32.6 Å². The molecule has 3 N–H and O–H groups in total. The van der Waals surface area contributed by atoms with Crippen molar-refractivity contribution in [2.75, 3.05) is 31.5 Å². The first-order chi connectivity index (χ1) is 24.5. The van der Waals surface area contributed by atoms with Crippen molar-refractivity contribution >= 4 is 46.8 Å². The number of amides is 3. The fourth-order valence-electron chi connectivity index (χ4n) is 6.83. The van der Waals surface area contributed by atoms with Gasteiger partial charge in [-0.05, 0) is 50.5 Å². The normalized spacial score (nSPS) is 30.8. The van der Waals surface area contributed by atoms with Crippen LogP contribution < -0.4 is 20.3 Å². The highest BCUT2D eigenvalue weighted by Crippen LogP contribution is 2.49. The highest BCUT2D eigenvalue weighted by Gasteiger charge is 2.64. The van der Waals surface area contributed by atoms with Crippen molar-refractivity contribution in [1.82, 2.24) is 5.32 Å². The van der Waals surface area contributed by atoms with Crippen molar-refractivity contribution in [1.29, 1.82) is 0 Å². The van der Waals surface area contributed by atoms with Gasteiger partial charge in [-0.2, -0.15) is 0 Å². The lowest BCUT2D eigenvalue weighted by Gasteiger charge is -2.42. The molecule has 0 aromatic heterocycles. The Bertz CT molecular complexity index is 1820. The number of aryl methyl sites for hydroxylation is 1. The van der Waals surface area contributed by atoms with Crippen LogP contribution in [-0.4, -0.2) is 85.1 Å². The number of anilines is 2. The van der Waals surface area contributed by atoms with Gasteiger partial charge in [-0.15, -0.1) is 0 Å². The Balaban J connectivity index is 1.56. The third-order valence-electron chi connectivity index (χ3n) is 9.87. The molecule has 0 radical (unpaired) electrons. The van der Waals surface area contributed by atoms with Crippen LogP contribution in [0.2, 0.25) is 5.02 Å². The average Bonchev–Trinajstić information content (AvgIpc) is 3.78. The Hall–Kier alpha value is -4.70. The molecule has 5 rings (SSSR count). The summed E-state index contributed by atoms with van der Waals surface area (Å²) in [6, 6.07) is 7.85. The fourth-order valence-corrected chi connectivity index (χ4v) is 7.15. The van der Waals surface area contributed by atoms with E-state index in [-0.39, 0.29) is 22.8 Å². The second kappa shape index (κ2) is 15.1. The minimum atomic E-state index is -1.86. The van der Waals surface area contributed by atoms with Gasteiger partial charge in [0.15, 0.2) is 5.72 Å². The maximum Gasteiger partial charge on any atom is 0.412 e. The molecule has 0 spiro atoms. The number of hydrogen-bond acceptors (Lipinski definition) is 11. The number of methoxy groups -OCH3 is 2. The molecule has 0 unspecified atom stereocenters. The van der Waals surface area contributed by atoms with Crippen LogP contribution in [0.3, 0.4) is 0 Å². The van der Waals surface area contributed by atoms with Crippen molar-refractivity contribution in [3.63, 3.8) is 0 Å². The van der Waals surface area contributed by atoms with Crippen LogP contribution in [0.15, 0.2) is 54.1 Å². The number of nitrogens with zero attached hydrogens (tertiary/aromatic N) is 2. The molecule has 15 nitrogen and oxygen atoms in total. The summed E-state index contributed by atoms with van der Waals surface area (Å²) >= 11 is 6.72. The predicted molar refractivity (Wildman–Crippen MR) is 191 cm³/mol. The molecule has 280 valence electrons. The van der Waals surface area contributed by atoms with E-state index in [0.29, 0.717) is 23.4 Å². The van der Waals surface area contributed by atoms with Crippen LogP contribution in [0.1, 0.15) is 44.7 Å². The van der Waals surface area contributed by atoms with Gasteiger partial charge >= 0.3 is 12.2 Å². The highest BCUT2D eigenvalue weighted by atomic mass is 35.5. The minimum Gasteiger partial charge on any atom is -0.495 e. The summed E-state index contributed by atoms with van der Waals surface area (Å²) in [5.74, 6) is -0.739. The molecule has 3 amide bonds. The van der Waals surface area contributed by atoms with E-state index in [1.807, 2.05) is 13.0 Å². The van der Waals surface area contributed by atoms with E-state index in [1.54, 1.807) is 51.1 Å². The monoisotopic (exact) mass is 742 g/mol. The van der Waals surface area contributed by atoms with Gasteiger partial charge < -0.3 is 33.7 Å². The molecule has 3 heterocycles. The van der Waals surface area contributed by atoms with Gasteiger partial charge in [0.1, 0.15) is 40.4 Å². The Morgan fingerprint density at radius 3 is 2.63 bits per heavy atom. The lowest BCUT2D eigenvalue weighted by Crippen LogP contribution is -2.63. The molecular formula is C36H43ClN4O11. The number of hydrogen-bond donors (Lipinski definition) is 3. The smallest absolute Gasteiger partial charge is 0.412 e. The molecular weight excluding hydrogens is 700 g/mol. The summed E-state index contributed by atoms with van der Waals surface area (Å²) in [4.78, 5) is 52.8. The van der Waals surface area contributed by atoms with E-state index in [0.717, 1.165) is 11.1 Å². The number of ether oxygens (including phenoxy) is 5. The molecule has 0 aliphatic carbocycles. The molecule has 3 aliphatic rings. The summed E-state index contributed by atoms with van der Waals surface area (Å²) in [6.07, 6.45) is -0.612. The quantitative estimate of drug-likeness (QED) is 0.197. The van der Waals surface area contributed by atoms with Crippen molar-refractivity contribution in [2.45, 2.75) is 82.7 Å². The lowest BCUT2D eigenvalue weighted by atomic mass is 9.83. The molecule has 16 heteroatoms. The predicted octanol–water partition coefficient (Wildman–Crippen LogP) is 5.59. The lowest BCUT2D eigenvalue weighted by molar-refractivity contribution is -0.384. The molecule has 2 fully saturated rings. The zero-order valence-corrected chi connectivity index (χ0v) is 30.7. The van der Waals surface area contributed by atoms with E-state index in [9.17, 15) is 29.6 Å². The SMILES string of the molecule is COc1cc2cc(c1Cl)N(C)C(=O)C[C@H](OC(=O)Nc1c(C)cccc1[N+](=O)[O-])[C@]1(C)O[C@H]1[C@H](C)[C@@H]1C[C@@](O)(NC(=O)O1)[C@H](OC)/C=C/C=C(\C)C2. The van der Waals surface area contributed by atoms with Gasteiger partial charge in [0.2, 0.25) is 5.91 Å². The molecule has 2 aromatic carbocycles. The molecule has 0 saturated carbocycles. The van der Waals surface area contributed by atoms with Crippen molar-refractivity contribution in [3.8, 4) is 5.75 Å². The number of alkyl carbamates (subject to hydrolysis) is 1. The number of rotatable bonds is 5. The van der Waals surface area contributed by atoms with E-state index < -0.39 is 71.1 Å². The average molecular weight is 743 g/mol. The van der Waals surface area contributed by atoms with Crippen LogP contribution in [0.25, 0.3) is 0 Å². The van der Waals surface area contributed by atoms with E-state index in [1.165, 1.54) is 38.3 Å². The first-order valence-electron chi connectivity index (χ1n) is 16.6. The molecule has 2 aromatic rings. The zero-order valence-electron chi connectivity index (χ0n) is 29.9. The number of nitrogens with one attached hydrogen (secondary N) is 2. The second-order valence-electron chi connectivity index (χ2n) is 13.5. The number of allylic oxidation sites excluding steroid dienone is 3. The van der Waals surface area contributed by atoms with Crippen LogP contribution >= 0.6 is 11.6 Å². The third-order valence-corrected chi connectivity index (χ3v) is 10.3. The summed E-state index contributed by atoms with van der Waals surface area (Å²) in [5, 5.41) is 28.6. The van der Waals surface area contributed by atoms with Gasteiger partial charge in [-0.25, -0.2) is 9.59 Å². The molecule has 52 heavy (non-hydrogen) atoms.